The standard InChI is InChI=1S/C30H53O4P/c1-8-22-18-24(34-35(31,32)33)19-23-12-13-25-26-14-16-28(5,21(4)11-9-10-20(2)3)29(26,6)17-15-27(25)30(22,23)7/h12,20-22,24-27H,8-11,13-19H2,1-7H3,(H2,31,32,33)/t21-,22?,24-,25-,26+,27+,28-,29+,30+/m1/s1. The Balaban J connectivity index is 1.57. The predicted octanol–water partition coefficient (Wildman–Crippen LogP) is 8.53. The van der Waals surface area contributed by atoms with E-state index in [1.165, 1.54) is 50.5 Å². The maximum atomic E-state index is 11.6. The maximum Gasteiger partial charge on any atom is 0.469 e. The zero-order chi connectivity index (χ0) is 25.8. The van der Waals surface area contributed by atoms with E-state index < -0.39 is 7.82 Å². The third-order valence-corrected chi connectivity index (χ3v) is 12.9. The molecule has 1 unspecified atom stereocenters. The third-order valence-electron chi connectivity index (χ3n) is 12.3. The number of fused-ring (bicyclic) bond motifs is 5. The molecule has 35 heavy (non-hydrogen) atoms. The average molecular weight is 509 g/mol. The van der Waals surface area contributed by atoms with E-state index in [1.807, 2.05) is 0 Å². The van der Waals surface area contributed by atoms with Crippen molar-refractivity contribution in [3.05, 3.63) is 11.6 Å². The van der Waals surface area contributed by atoms with E-state index >= 15 is 0 Å². The van der Waals surface area contributed by atoms with Gasteiger partial charge in [-0.05, 0) is 96.7 Å². The lowest BCUT2D eigenvalue weighted by Gasteiger charge is -2.62. The highest BCUT2D eigenvalue weighted by Gasteiger charge is 2.64. The molecule has 0 saturated heterocycles. The minimum absolute atomic E-state index is 0.148. The minimum Gasteiger partial charge on any atom is -0.303 e. The number of hydrogen-bond donors (Lipinski definition) is 2. The van der Waals surface area contributed by atoms with E-state index in [-0.39, 0.29) is 11.5 Å². The Morgan fingerprint density at radius 1 is 1.09 bits per heavy atom. The van der Waals surface area contributed by atoms with Crippen LogP contribution in [-0.2, 0) is 9.09 Å². The first-order chi connectivity index (χ1) is 16.3. The topological polar surface area (TPSA) is 66.8 Å². The smallest absolute Gasteiger partial charge is 0.303 e. The lowest BCUT2D eigenvalue weighted by Crippen LogP contribution is -2.55. The van der Waals surface area contributed by atoms with Crippen LogP contribution in [0.25, 0.3) is 0 Å². The summed E-state index contributed by atoms with van der Waals surface area (Å²) in [6.45, 7) is 17.3. The van der Waals surface area contributed by atoms with Gasteiger partial charge in [-0.3, -0.25) is 4.52 Å². The Bertz CT molecular complexity index is 847. The Morgan fingerprint density at radius 3 is 2.40 bits per heavy atom. The van der Waals surface area contributed by atoms with Gasteiger partial charge in [-0.1, -0.05) is 85.8 Å². The van der Waals surface area contributed by atoms with Crippen LogP contribution < -0.4 is 0 Å². The Labute approximate surface area is 215 Å². The molecular weight excluding hydrogens is 455 g/mol. The van der Waals surface area contributed by atoms with Gasteiger partial charge >= 0.3 is 7.82 Å². The first-order valence-corrected chi connectivity index (χ1v) is 16.2. The molecular formula is C30H53O4P. The average Bonchev–Trinajstić information content (AvgIpc) is 3.04. The zero-order valence-corrected chi connectivity index (χ0v) is 24.4. The van der Waals surface area contributed by atoms with E-state index in [4.69, 9.17) is 4.52 Å². The van der Waals surface area contributed by atoms with Crippen LogP contribution in [0.3, 0.4) is 0 Å². The van der Waals surface area contributed by atoms with E-state index in [0.29, 0.717) is 29.1 Å². The fourth-order valence-corrected chi connectivity index (χ4v) is 10.5. The minimum atomic E-state index is -4.46. The highest BCUT2D eigenvalue weighted by atomic mass is 31.2. The molecule has 0 radical (unpaired) electrons. The van der Waals surface area contributed by atoms with Crippen LogP contribution >= 0.6 is 7.82 Å². The molecule has 0 heterocycles. The SMILES string of the molecule is CCC1C[C@@H](OP(=O)(O)O)CC2=CC[C@@H]3[C@@H]4CC[C@](C)([C@H](C)CCCC(C)C)[C@@]4(C)CC[C@@H]3[C@]21C. The monoisotopic (exact) mass is 508 g/mol. The molecule has 3 fully saturated rings. The molecule has 0 aromatic heterocycles. The predicted molar refractivity (Wildman–Crippen MR) is 144 cm³/mol. The first kappa shape index (κ1) is 27.9. The summed E-state index contributed by atoms with van der Waals surface area (Å²) < 4.78 is 16.8. The van der Waals surface area contributed by atoms with E-state index in [0.717, 1.165) is 42.9 Å². The van der Waals surface area contributed by atoms with Gasteiger partial charge < -0.3 is 9.79 Å². The zero-order valence-electron chi connectivity index (χ0n) is 23.6. The van der Waals surface area contributed by atoms with Crippen LogP contribution in [0.2, 0.25) is 0 Å². The number of phosphoric ester groups is 1. The fourth-order valence-electron chi connectivity index (χ4n) is 9.98. The molecule has 0 aliphatic heterocycles. The number of phosphoric acid groups is 1. The Morgan fingerprint density at radius 2 is 1.77 bits per heavy atom. The lowest BCUT2D eigenvalue weighted by atomic mass is 9.43. The van der Waals surface area contributed by atoms with Crippen LogP contribution in [0.15, 0.2) is 11.6 Å². The number of hydrogen-bond acceptors (Lipinski definition) is 2. The van der Waals surface area contributed by atoms with Gasteiger partial charge in [0.2, 0.25) is 0 Å². The van der Waals surface area contributed by atoms with Crippen molar-refractivity contribution in [2.24, 2.45) is 51.8 Å². The molecule has 202 valence electrons. The number of allylic oxidation sites excluding steroid dienone is 1. The summed E-state index contributed by atoms with van der Waals surface area (Å²) in [6.07, 6.45) is 15.3. The summed E-state index contributed by atoms with van der Waals surface area (Å²) >= 11 is 0. The normalized spacial score (nSPS) is 44.4. The number of rotatable bonds is 8. The summed E-state index contributed by atoms with van der Waals surface area (Å²) in [6, 6.07) is 0. The van der Waals surface area contributed by atoms with Crippen LogP contribution in [0, 0.1) is 51.8 Å². The molecule has 4 aliphatic rings. The fraction of sp³-hybridized carbons (Fsp3) is 0.933. The van der Waals surface area contributed by atoms with Gasteiger partial charge in [-0.2, -0.15) is 0 Å². The van der Waals surface area contributed by atoms with Gasteiger partial charge in [0.05, 0.1) is 6.10 Å². The van der Waals surface area contributed by atoms with Gasteiger partial charge in [0.25, 0.3) is 0 Å². The van der Waals surface area contributed by atoms with Crippen LogP contribution in [0.5, 0.6) is 0 Å². The van der Waals surface area contributed by atoms with Crippen molar-refractivity contribution in [3.8, 4) is 0 Å². The van der Waals surface area contributed by atoms with Crippen LogP contribution in [0.4, 0.5) is 0 Å². The van der Waals surface area contributed by atoms with E-state index in [1.54, 1.807) is 0 Å². The first-order valence-electron chi connectivity index (χ1n) is 14.7. The Hall–Kier alpha value is -0.150. The van der Waals surface area contributed by atoms with Crippen molar-refractivity contribution in [2.45, 2.75) is 125 Å². The molecule has 4 rings (SSSR count). The summed E-state index contributed by atoms with van der Waals surface area (Å²) in [5.41, 5.74) is 2.44. The lowest BCUT2D eigenvalue weighted by molar-refractivity contribution is -0.103. The molecule has 0 spiro atoms. The molecule has 4 nitrogen and oxygen atoms in total. The quantitative estimate of drug-likeness (QED) is 0.255. The highest BCUT2D eigenvalue weighted by Crippen LogP contribution is 2.72. The maximum absolute atomic E-state index is 11.6. The second-order valence-corrected chi connectivity index (χ2v) is 15.2. The molecule has 2 N–H and O–H groups in total. The summed E-state index contributed by atoms with van der Waals surface area (Å²) in [5.74, 6) is 4.26. The van der Waals surface area contributed by atoms with E-state index in [2.05, 4.69) is 54.5 Å². The summed E-state index contributed by atoms with van der Waals surface area (Å²) in [5, 5.41) is 0. The molecule has 3 saturated carbocycles. The molecule has 0 amide bonds. The summed E-state index contributed by atoms with van der Waals surface area (Å²) in [7, 11) is -4.46. The molecule has 0 aromatic carbocycles. The van der Waals surface area contributed by atoms with Crippen molar-refractivity contribution in [1.82, 2.24) is 0 Å². The molecule has 4 aliphatic carbocycles. The van der Waals surface area contributed by atoms with Crippen molar-refractivity contribution in [1.29, 1.82) is 0 Å². The highest BCUT2D eigenvalue weighted by molar-refractivity contribution is 7.46. The molecule has 9 atom stereocenters. The van der Waals surface area contributed by atoms with Gasteiger partial charge in [0.1, 0.15) is 0 Å². The largest absolute Gasteiger partial charge is 0.469 e. The van der Waals surface area contributed by atoms with Gasteiger partial charge in [-0.15, -0.1) is 0 Å². The van der Waals surface area contributed by atoms with Gasteiger partial charge in [0, 0.05) is 0 Å². The van der Waals surface area contributed by atoms with Crippen molar-refractivity contribution >= 4 is 7.82 Å². The van der Waals surface area contributed by atoms with Crippen LogP contribution in [0.1, 0.15) is 119 Å². The van der Waals surface area contributed by atoms with Crippen LogP contribution in [-0.4, -0.2) is 15.9 Å². The molecule has 0 aromatic rings. The van der Waals surface area contributed by atoms with Gasteiger partial charge in [0.15, 0.2) is 0 Å². The van der Waals surface area contributed by atoms with Gasteiger partial charge in [-0.25, -0.2) is 4.57 Å². The second kappa shape index (κ2) is 9.87. The van der Waals surface area contributed by atoms with Crippen molar-refractivity contribution in [2.75, 3.05) is 0 Å². The molecule has 0 bridgehead atoms. The molecule has 5 heteroatoms. The Kier molecular flexibility index (Phi) is 7.86. The second-order valence-electron chi connectivity index (χ2n) is 14.0. The van der Waals surface area contributed by atoms with E-state index in [9.17, 15) is 14.4 Å². The summed E-state index contributed by atoms with van der Waals surface area (Å²) in [4.78, 5) is 18.9. The van der Waals surface area contributed by atoms with Crippen molar-refractivity contribution in [3.63, 3.8) is 0 Å². The third kappa shape index (κ3) is 4.77. The van der Waals surface area contributed by atoms with Crippen molar-refractivity contribution < 1.29 is 18.9 Å².